The van der Waals surface area contributed by atoms with Crippen LogP contribution in [0.2, 0.25) is 0 Å². The number of alkyl halides is 3. The van der Waals surface area contributed by atoms with Gasteiger partial charge in [-0.05, 0) is 25.1 Å². The standard InChI is InChI=1S/C17H18F3NO3S/c1-11-6-13(8-21(2)16(11)22)14-7-12(9-25(3)23)4-5-15(14)24-10-17(18,19)20/h4-8H,9-10H2,1-3H3. The first-order valence-corrected chi connectivity index (χ1v) is 9.09. The maximum atomic E-state index is 12.5. The van der Waals surface area contributed by atoms with Crippen molar-refractivity contribution in [2.75, 3.05) is 12.9 Å². The molecular formula is C17H18F3NO3S. The molecule has 0 N–H and O–H groups in total. The Kier molecular flexibility index (Phi) is 5.84. The summed E-state index contributed by atoms with van der Waals surface area (Å²) < 4.78 is 55.2. The number of halogens is 3. The highest BCUT2D eigenvalue weighted by atomic mass is 32.2. The minimum atomic E-state index is -4.46. The third-order valence-corrected chi connectivity index (χ3v) is 4.22. The maximum Gasteiger partial charge on any atom is 0.422 e. The lowest BCUT2D eigenvalue weighted by Crippen LogP contribution is -2.20. The van der Waals surface area contributed by atoms with Crippen LogP contribution in [-0.4, -0.2) is 28.2 Å². The van der Waals surface area contributed by atoms with Crippen molar-refractivity contribution in [3.63, 3.8) is 0 Å². The zero-order valence-electron chi connectivity index (χ0n) is 14.0. The van der Waals surface area contributed by atoms with E-state index in [1.807, 2.05) is 0 Å². The zero-order chi connectivity index (χ0) is 18.8. The Balaban J connectivity index is 2.52. The van der Waals surface area contributed by atoms with Crippen LogP contribution in [0.1, 0.15) is 11.1 Å². The lowest BCUT2D eigenvalue weighted by Gasteiger charge is -2.16. The average molecular weight is 373 g/mol. The van der Waals surface area contributed by atoms with Gasteiger partial charge in [-0.15, -0.1) is 0 Å². The van der Waals surface area contributed by atoms with E-state index in [4.69, 9.17) is 4.74 Å². The molecule has 4 nitrogen and oxygen atoms in total. The van der Waals surface area contributed by atoms with Gasteiger partial charge in [-0.1, -0.05) is 17.2 Å². The maximum absolute atomic E-state index is 12.5. The Bertz CT molecular complexity index is 790. The fourth-order valence-electron chi connectivity index (χ4n) is 2.44. The van der Waals surface area contributed by atoms with Crippen molar-refractivity contribution in [3.8, 4) is 16.9 Å². The average Bonchev–Trinajstić information content (AvgIpc) is 2.49. The predicted molar refractivity (Wildman–Crippen MR) is 91.2 cm³/mol. The number of benzene rings is 1. The van der Waals surface area contributed by atoms with E-state index in [9.17, 15) is 22.5 Å². The zero-order valence-corrected chi connectivity index (χ0v) is 14.8. The molecule has 1 heterocycles. The number of hydrogen-bond acceptors (Lipinski definition) is 3. The molecule has 0 saturated carbocycles. The Hall–Kier alpha value is -1.93. The topological polar surface area (TPSA) is 54.3 Å². The number of hydrogen-bond donors (Lipinski definition) is 0. The summed E-state index contributed by atoms with van der Waals surface area (Å²) in [5.74, 6) is 0.332. The summed E-state index contributed by atoms with van der Waals surface area (Å²) in [6.45, 7) is 0.219. The van der Waals surface area contributed by atoms with Gasteiger partial charge in [0, 0.05) is 35.5 Å². The van der Waals surface area contributed by atoms with Crippen LogP contribution in [0.25, 0.3) is 11.1 Å². The minimum Gasteiger partial charge on any atom is -0.616 e. The first-order chi connectivity index (χ1) is 11.6. The van der Waals surface area contributed by atoms with Crippen LogP contribution >= 0.6 is 0 Å². The molecule has 8 heteroatoms. The van der Waals surface area contributed by atoms with Crippen molar-refractivity contribution >= 4 is 11.2 Å². The van der Waals surface area contributed by atoms with E-state index in [0.717, 1.165) is 0 Å². The van der Waals surface area contributed by atoms with E-state index in [1.54, 1.807) is 38.4 Å². The van der Waals surface area contributed by atoms with Crippen LogP contribution in [0.4, 0.5) is 13.2 Å². The summed E-state index contributed by atoms with van der Waals surface area (Å²) >= 11 is -1.09. The van der Waals surface area contributed by atoms with Gasteiger partial charge < -0.3 is 13.9 Å². The molecule has 0 saturated heterocycles. The molecule has 0 aliphatic rings. The van der Waals surface area contributed by atoms with Crippen LogP contribution in [-0.2, 0) is 24.0 Å². The van der Waals surface area contributed by atoms with Gasteiger partial charge in [0.2, 0.25) is 0 Å². The summed E-state index contributed by atoms with van der Waals surface area (Å²) in [6.07, 6.45) is -1.37. The molecule has 1 atom stereocenters. The Morgan fingerprint density at radius 2 is 1.96 bits per heavy atom. The lowest BCUT2D eigenvalue weighted by molar-refractivity contribution is -0.153. The van der Waals surface area contributed by atoms with Gasteiger partial charge in [0.15, 0.2) is 6.61 Å². The second kappa shape index (κ2) is 7.53. The summed E-state index contributed by atoms with van der Waals surface area (Å²) in [6, 6.07) is 6.27. The largest absolute Gasteiger partial charge is 0.616 e. The number of pyridine rings is 1. The highest BCUT2D eigenvalue weighted by Gasteiger charge is 2.29. The predicted octanol–water partition coefficient (Wildman–Crippen LogP) is 3.18. The number of nitrogens with zero attached hydrogens (tertiary/aromatic N) is 1. The second-order valence-electron chi connectivity index (χ2n) is 5.78. The van der Waals surface area contributed by atoms with Crippen LogP contribution in [0, 0.1) is 6.92 Å². The quantitative estimate of drug-likeness (QED) is 0.757. The van der Waals surface area contributed by atoms with E-state index in [-0.39, 0.29) is 17.1 Å². The number of aryl methyl sites for hydroxylation is 2. The van der Waals surface area contributed by atoms with Crippen LogP contribution < -0.4 is 10.3 Å². The molecule has 0 radical (unpaired) electrons. The van der Waals surface area contributed by atoms with Crippen LogP contribution in [0.5, 0.6) is 5.75 Å². The molecule has 2 aromatic rings. The molecule has 136 valence electrons. The van der Waals surface area contributed by atoms with Crippen LogP contribution in [0.3, 0.4) is 0 Å². The Morgan fingerprint density at radius 1 is 1.28 bits per heavy atom. The molecule has 0 spiro atoms. The molecular weight excluding hydrogens is 355 g/mol. The van der Waals surface area contributed by atoms with Gasteiger partial charge in [-0.3, -0.25) is 4.79 Å². The van der Waals surface area contributed by atoms with Gasteiger partial charge in [-0.2, -0.15) is 13.2 Å². The third-order valence-electron chi connectivity index (χ3n) is 3.48. The first-order valence-electron chi connectivity index (χ1n) is 7.37. The number of rotatable bonds is 5. The van der Waals surface area contributed by atoms with Crippen LogP contribution in [0.15, 0.2) is 35.3 Å². The molecule has 0 aliphatic carbocycles. The summed E-state index contributed by atoms with van der Waals surface area (Å²) in [4.78, 5) is 11.8. The van der Waals surface area contributed by atoms with E-state index < -0.39 is 24.0 Å². The fourth-order valence-corrected chi connectivity index (χ4v) is 3.09. The molecule has 0 aliphatic heterocycles. The summed E-state index contributed by atoms with van der Waals surface area (Å²) in [7, 11) is 1.57. The molecule has 25 heavy (non-hydrogen) atoms. The molecule has 1 aromatic carbocycles. The molecule has 0 amide bonds. The number of ether oxygens (including phenoxy) is 1. The smallest absolute Gasteiger partial charge is 0.422 e. The van der Waals surface area contributed by atoms with Gasteiger partial charge in [0.25, 0.3) is 5.56 Å². The Labute approximate surface area is 146 Å². The number of aromatic nitrogens is 1. The fraction of sp³-hybridized carbons (Fsp3) is 0.353. The first kappa shape index (κ1) is 19.4. The highest BCUT2D eigenvalue weighted by molar-refractivity contribution is 7.89. The monoisotopic (exact) mass is 373 g/mol. The molecule has 2 rings (SSSR count). The van der Waals surface area contributed by atoms with Gasteiger partial charge in [0.05, 0.1) is 6.26 Å². The van der Waals surface area contributed by atoms with Crippen molar-refractivity contribution in [1.82, 2.24) is 4.57 Å². The molecule has 1 aromatic heterocycles. The van der Waals surface area contributed by atoms with Crippen molar-refractivity contribution in [2.24, 2.45) is 7.05 Å². The Morgan fingerprint density at radius 3 is 2.52 bits per heavy atom. The lowest BCUT2D eigenvalue weighted by atomic mass is 10.0. The van der Waals surface area contributed by atoms with E-state index in [2.05, 4.69) is 0 Å². The van der Waals surface area contributed by atoms with Gasteiger partial charge in [0.1, 0.15) is 11.5 Å². The minimum absolute atomic E-state index is 0.0565. The highest BCUT2D eigenvalue weighted by Crippen LogP contribution is 2.32. The van der Waals surface area contributed by atoms with E-state index >= 15 is 0 Å². The SMILES string of the molecule is Cc1cc(-c2cc(C[S+](C)[O-])ccc2OCC(F)(F)F)cn(C)c1=O. The summed E-state index contributed by atoms with van der Waals surface area (Å²) in [5.41, 5.74) is 1.96. The van der Waals surface area contributed by atoms with Gasteiger partial charge in [-0.25, -0.2) is 0 Å². The van der Waals surface area contributed by atoms with Crippen molar-refractivity contribution in [2.45, 2.75) is 18.9 Å². The molecule has 1 unspecified atom stereocenters. The summed E-state index contributed by atoms with van der Waals surface area (Å²) in [5, 5.41) is 0. The molecule has 0 bridgehead atoms. The normalized spacial score (nSPS) is 12.9. The van der Waals surface area contributed by atoms with Crippen molar-refractivity contribution in [3.05, 3.63) is 51.9 Å². The van der Waals surface area contributed by atoms with Gasteiger partial charge >= 0.3 is 6.18 Å². The van der Waals surface area contributed by atoms with E-state index in [1.165, 1.54) is 16.8 Å². The molecule has 0 fully saturated rings. The second-order valence-corrected chi connectivity index (χ2v) is 7.21. The van der Waals surface area contributed by atoms with Crippen molar-refractivity contribution in [1.29, 1.82) is 0 Å². The third kappa shape index (κ3) is 5.27. The van der Waals surface area contributed by atoms with Crippen molar-refractivity contribution < 1.29 is 22.5 Å². The van der Waals surface area contributed by atoms with E-state index in [0.29, 0.717) is 22.3 Å².